The van der Waals surface area contributed by atoms with Crippen molar-refractivity contribution in [1.82, 2.24) is 24.4 Å². The molecule has 1 amide bonds. The van der Waals surface area contributed by atoms with Crippen LogP contribution in [0, 0.1) is 0 Å². The number of anilines is 1. The molecule has 0 atom stereocenters. The van der Waals surface area contributed by atoms with E-state index in [1.165, 1.54) is 35.3 Å². The molecule has 3 aromatic heterocycles. The van der Waals surface area contributed by atoms with E-state index in [0.717, 1.165) is 18.1 Å². The van der Waals surface area contributed by atoms with Crippen LogP contribution < -0.4 is 5.32 Å². The minimum atomic E-state index is -2.91. The van der Waals surface area contributed by atoms with Crippen molar-refractivity contribution >= 4 is 17.2 Å². The van der Waals surface area contributed by atoms with Crippen molar-refractivity contribution in [2.75, 3.05) is 5.32 Å². The molecule has 0 aliphatic rings. The number of alkyl halides is 2. The number of benzene rings is 1. The van der Waals surface area contributed by atoms with Crippen LogP contribution in [0.4, 0.5) is 14.5 Å². The Labute approximate surface area is 158 Å². The van der Waals surface area contributed by atoms with Crippen LogP contribution in [0.1, 0.15) is 12.5 Å². The SMILES string of the molecule is CC(F)(F)c1ccc(NC(=O)Cn2cc(-c3ccn4ncnc4c3)cn2)cc1. The van der Waals surface area contributed by atoms with E-state index >= 15 is 0 Å². The van der Waals surface area contributed by atoms with Gasteiger partial charge in [0.05, 0.1) is 6.20 Å². The van der Waals surface area contributed by atoms with Crippen LogP contribution in [0.2, 0.25) is 0 Å². The number of carbonyl (C=O) groups excluding carboxylic acids is 1. The molecule has 142 valence electrons. The summed E-state index contributed by atoms with van der Waals surface area (Å²) in [4.78, 5) is 16.3. The number of hydrogen-bond acceptors (Lipinski definition) is 4. The van der Waals surface area contributed by atoms with Gasteiger partial charge < -0.3 is 5.32 Å². The fourth-order valence-electron chi connectivity index (χ4n) is 2.79. The molecule has 7 nitrogen and oxygen atoms in total. The third kappa shape index (κ3) is 3.73. The lowest BCUT2D eigenvalue weighted by Gasteiger charge is -2.11. The van der Waals surface area contributed by atoms with Crippen molar-refractivity contribution < 1.29 is 13.6 Å². The van der Waals surface area contributed by atoms with Gasteiger partial charge in [-0.05, 0) is 29.8 Å². The lowest BCUT2D eigenvalue weighted by atomic mass is 10.1. The molecule has 3 heterocycles. The third-order valence-electron chi connectivity index (χ3n) is 4.23. The fraction of sp³-hybridized carbons (Fsp3) is 0.158. The van der Waals surface area contributed by atoms with Gasteiger partial charge in [-0.1, -0.05) is 12.1 Å². The maximum absolute atomic E-state index is 13.2. The molecule has 4 aromatic rings. The predicted molar refractivity (Wildman–Crippen MR) is 98.8 cm³/mol. The van der Waals surface area contributed by atoms with E-state index < -0.39 is 5.92 Å². The summed E-state index contributed by atoms with van der Waals surface area (Å²) in [6.45, 7) is 0.829. The number of nitrogens with zero attached hydrogens (tertiary/aromatic N) is 5. The van der Waals surface area contributed by atoms with E-state index in [1.54, 1.807) is 23.1 Å². The highest BCUT2D eigenvalue weighted by Gasteiger charge is 2.23. The van der Waals surface area contributed by atoms with Crippen LogP contribution in [0.3, 0.4) is 0 Å². The minimum Gasteiger partial charge on any atom is -0.324 e. The second-order valence-electron chi connectivity index (χ2n) is 6.42. The minimum absolute atomic E-state index is 0.00113. The van der Waals surface area contributed by atoms with Crippen molar-refractivity contribution in [2.24, 2.45) is 0 Å². The monoisotopic (exact) mass is 382 g/mol. The van der Waals surface area contributed by atoms with E-state index in [0.29, 0.717) is 11.3 Å². The molecule has 4 rings (SSSR count). The Bertz CT molecular complexity index is 1130. The van der Waals surface area contributed by atoms with Gasteiger partial charge in [-0.25, -0.2) is 18.3 Å². The number of fused-ring (bicyclic) bond motifs is 1. The number of carbonyl (C=O) groups is 1. The first-order valence-corrected chi connectivity index (χ1v) is 8.49. The molecule has 0 saturated heterocycles. The van der Waals surface area contributed by atoms with Crippen LogP contribution in [-0.2, 0) is 17.3 Å². The highest BCUT2D eigenvalue weighted by atomic mass is 19.3. The molecule has 0 saturated carbocycles. The van der Waals surface area contributed by atoms with E-state index in [9.17, 15) is 13.6 Å². The van der Waals surface area contributed by atoms with Gasteiger partial charge in [0.15, 0.2) is 5.65 Å². The lowest BCUT2D eigenvalue weighted by molar-refractivity contribution is -0.116. The summed E-state index contributed by atoms with van der Waals surface area (Å²) >= 11 is 0. The van der Waals surface area contributed by atoms with Crippen molar-refractivity contribution in [2.45, 2.75) is 19.4 Å². The summed E-state index contributed by atoms with van der Waals surface area (Å²) in [5.41, 5.74) is 2.80. The maximum Gasteiger partial charge on any atom is 0.270 e. The summed E-state index contributed by atoms with van der Waals surface area (Å²) in [6, 6.07) is 9.25. The average Bonchev–Trinajstić information content (AvgIpc) is 3.29. The number of halogens is 2. The topological polar surface area (TPSA) is 77.1 Å². The molecule has 0 bridgehead atoms. The van der Waals surface area contributed by atoms with E-state index in [-0.39, 0.29) is 18.0 Å². The molecule has 0 aliphatic heterocycles. The largest absolute Gasteiger partial charge is 0.324 e. The Morgan fingerprint density at radius 1 is 1.14 bits per heavy atom. The third-order valence-corrected chi connectivity index (χ3v) is 4.23. The zero-order chi connectivity index (χ0) is 19.7. The summed E-state index contributed by atoms with van der Waals surface area (Å²) in [5.74, 6) is -3.22. The molecule has 9 heteroatoms. The Kier molecular flexibility index (Phi) is 4.34. The molecule has 1 aromatic carbocycles. The second-order valence-corrected chi connectivity index (χ2v) is 6.42. The first-order valence-electron chi connectivity index (χ1n) is 8.49. The predicted octanol–water partition coefficient (Wildman–Crippen LogP) is 3.34. The van der Waals surface area contributed by atoms with Gasteiger partial charge in [0.2, 0.25) is 5.91 Å². The number of amides is 1. The van der Waals surface area contributed by atoms with Crippen LogP contribution >= 0.6 is 0 Å². The molecular weight excluding hydrogens is 366 g/mol. The molecule has 1 N–H and O–H groups in total. The van der Waals surface area contributed by atoms with E-state index in [1.807, 2.05) is 12.1 Å². The van der Waals surface area contributed by atoms with Gasteiger partial charge in [-0.15, -0.1) is 0 Å². The molecular formula is C19H16F2N6O. The van der Waals surface area contributed by atoms with Crippen molar-refractivity contribution in [1.29, 1.82) is 0 Å². The zero-order valence-electron chi connectivity index (χ0n) is 14.9. The van der Waals surface area contributed by atoms with Crippen LogP contribution in [0.15, 0.2) is 61.3 Å². The number of rotatable bonds is 5. The summed E-state index contributed by atoms with van der Waals surface area (Å²) in [7, 11) is 0. The summed E-state index contributed by atoms with van der Waals surface area (Å²) in [5, 5.41) is 10.9. The average molecular weight is 382 g/mol. The standard InChI is InChI=1S/C19H16F2N6O/c1-19(20,21)15-2-4-16(5-3-15)25-18(28)11-26-10-14(9-23-26)13-6-7-27-17(8-13)22-12-24-27/h2-10,12H,11H2,1H3,(H,25,28). The first kappa shape index (κ1) is 17.8. The van der Waals surface area contributed by atoms with Gasteiger partial charge in [-0.3, -0.25) is 9.48 Å². The maximum atomic E-state index is 13.2. The normalized spacial score (nSPS) is 11.7. The van der Waals surface area contributed by atoms with Gasteiger partial charge >= 0.3 is 0 Å². The fourth-order valence-corrected chi connectivity index (χ4v) is 2.79. The zero-order valence-corrected chi connectivity index (χ0v) is 14.9. The Hall–Kier alpha value is -3.62. The number of hydrogen-bond donors (Lipinski definition) is 1. The lowest BCUT2D eigenvalue weighted by Crippen LogP contribution is -2.19. The van der Waals surface area contributed by atoms with Crippen molar-refractivity contribution in [3.63, 3.8) is 0 Å². The van der Waals surface area contributed by atoms with Crippen LogP contribution in [0.25, 0.3) is 16.8 Å². The molecule has 28 heavy (non-hydrogen) atoms. The Balaban J connectivity index is 1.42. The summed E-state index contributed by atoms with van der Waals surface area (Å²) in [6.07, 6.45) is 6.68. The highest BCUT2D eigenvalue weighted by Crippen LogP contribution is 2.27. The highest BCUT2D eigenvalue weighted by molar-refractivity contribution is 5.90. The van der Waals surface area contributed by atoms with Gasteiger partial charge in [0.1, 0.15) is 12.9 Å². The number of nitrogens with one attached hydrogen (secondary N) is 1. The Morgan fingerprint density at radius 2 is 1.93 bits per heavy atom. The summed E-state index contributed by atoms with van der Waals surface area (Å²) < 4.78 is 29.6. The van der Waals surface area contributed by atoms with Crippen LogP contribution in [-0.4, -0.2) is 30.3 Å². The van der Waals surface area contributed by atoms with Crippen LogP contribution in [0.5, 0.6) is 0 Å². The van der Waals surface area contributed by atoms with E-state index in [2.05, 4.69) is 20.5 Å². The smallest absolute Gasteiger partial charge is 0.270 e. The number of aromatic nitrogens is 5. The van der Waals surface area contributed by atoms with Gasteiger partial charge in [-0.2, -0.15) is 10.2 Å². The quantitative estimate of drug-likeness (QED) is 0.574. The molecule has 0 aliphatic carbocycles. The molecule has 0 fully saturated rings. The number of pyridine rings is 1. The van der Waals surface area contributed by atoms with Gasteiger partial charge in [0, 0.05) is 36.1 Å². The molecule has 0 spiro atoms. The van der Waals surface area contributed by atoms with Crippen molar-refractivity contribution in [3.05, 3.63) is 66.9 Å². The molecule has 0 unspecified atom stereocenters. The second kappa shape index (κ2) is 6.84. The van der Waals surface area contributed by atoms with E-state index in [4.69, 9.17) is 0 Å². The van der Waals surface area contributed by atoms with Gasteiger partial charge in [0.25, 0.3) is 5.92 Å². The Morgan fingerprint density at radius 3 is 2.68 bits per heavy atom. The first-order chi connectivity index (χ1) is 13.4. The molecule has 0 radical (unpaired) electrons. The van der Waals surface area contributed by atoms with Crippen molar-refractivity contribution in [3.8, 4) is 11.1 Å².